The number of methoxy groups -OCH3 is 1. The summed E-state index contributed by atoms with van der Waals surface area (Å²) in [4.78, 5) is 17.1. The molecule has 0 aliphatic carbocycles. The fraction of sp³-hybridized carbons (Fsp3) is 0.381. The van der Waals surface area contributed by atoms with Crippen LogP contribution in [0.4, 0.5) is 5.69 Å². The highest BCUT2D eigenvalue weighted by molar-refractivity contribution is 6.30. The molecule has 0 bridgehead atoms. The van der Waals surface area contributed by atoms with Crippen molar-refractivity contribution in [3.8, 4) is 5.75 Å². The van der Waals surface area contributed by atoms with Gasteiger partial charge in [-0.3, -0.25) is 9.69 Å². The van der Waals surface area contributed by atoms with E-state index < -0.39 is 0 Å². The molecular weight excluding hydrogens is 362 g/mol. The largest absolute Gasteiger partial charge is 0.496 e. The van der Waals surface area contributed by atoms with E-state index in [0.717, 1.165) is 48.2 Å². The number of anilines is 1. The first kappa shape index (κ1) is 19.5. The minimum atomic E-state index is -0.166. The molecule has 3 rings (SSSR count). The number of carbonyl (C=O) groups excluding carboxylic acids is 1. The first-order chi connectivity index (χ1) is 13.1. The number of amides is 1. The Bertz CT molecular complexity index is 776. The zero-order valence-corrected chi connectivity index (χ0v) is 16.6. The molecule has 1 amide bonds. The number of rotatable bonds is 6. The molecule has 2 aromatic rings. The molecule has 0 unspecified atom stereocenters. The highest BCUT2D eigenvalue weighted by atomic mass is 35.5. The first-order valence-corrected chi connectivity index (χ1v) is 9.60. The van der Waals surface area contributed by atoms with Crippen molar-refractivity contribution >= 4 is 23.2 Å². The molecule has 1 saturated heterocycles. The Labute approximate surface area is 165 Å². The average molecular weight is 388 g/mol. The van der Waals surface area contributed by atoms with Crippen molar-refractivity contribution in [1.29, 1.82) is 0 Å². The smallest absolute Gasteiger partial charge is 0.237 e. The van der Waals surface area contributed by atoms with Crippen LogP contribution < -0.4 is 15.0 Å². The molecule has 1 fully saturated rings. The summed E-state index contributed by atoms with van der Waals surface area (Å²) in [5, 5.41) is 3.78. The Hall–Kier alpha value is -2.24. The maximum absolute atomic E-state index is 12.6. The Balaban J connectivity index is 1.51. The lowest BCUT2D eigenvalue weighted by Crippen LogP contribution is -2.53. The van der Waals surface area contributed by atoms with Gasteiger partial charge in [0.2, 0.25) is 5.91 Å². The lowest BCUT2D eigenvalue weighted by atomic mass is 10.1. The molecule has 27 heavy (non-hydrogen) atoms. The van der Waals surface area contributed by atoms with E-state index >= 15 is 0 Å². The Morgan fingerprint density at radius 3 is 2.59 bits per heavy atom. The van der Waals surface area contributed by atoms with Gasteiger partial charge in [-0.25, -0.2) is 0 Å². The molecule has 1 aliphatic heterocycles. The summed E-state index contributed by atoms with van der Waals surface area (Å²) >= 11 is 6.09. The highest BCUT2D eigenvalue weighted by Gasteiger charge is 2.25. The number of piperazine rings is 1. The molecule has 1 atom stereocenters. The van der Waals surface area contributed by atoms with E-state index in [2.05, 4.69) is 21.2 Å². The van der Waals surface area contributed by atoms with Gasteiger partial charge in [0.15, 0.2) is 0 Å². The van der Waals surface area contributed by atoms with Crippen LogP contribution in [0.1, 0.15) is 12.5 Å². The number of para-hydroxylation sites is 1. The number of nitrogens with one attached hydrogen (secondary N) is 1. The van der Waals surface area contributed by atoms with Crippen molar-refractivity contribution in [1.82, 2.24) is 10.2 Å². The molecule has 2 aromatic carbocycles. The van der Waals surface area contributed by atoms with Gasteiger partial charge in [0, 0.05) is 49.0 Å². The third kappa shape index (κ3) is 4.93. The summed E-state index contributed by atoms with van der Waals surface area (Å²) in [6.07, 6.45) is 0. The van der Waals surface area contributed by atoms with E-state index in [4.69, 9.17) is 16.3 Å². The SMILES string of the molecule is COc1ccccc1CNC(=O)[C@H](C)N1CCN(c2cccc(Cl)c2)CC1. The van der Waals surface area contributed by atoms with E-state index in [1.165, 1.54) is 0 Å². The predicted octanol–water partition coefficient (Wildman–Crippen LogP) is 3.18. The molecule has 0 aromatic heterocycles. The van der Waals surface area contributed by atoms with E-state index in [0.29, 0.717) is 6.54 Å². The summed E-state index contributed by atoms with van der Waals surface area (Å²) in [5.74, 6) is 0.831. The van der Waals surface area contributed by atoms with Gasteiger partial charge in [0.1, 0.15) is 5.75 Å². The summed E-state index contributed by atoms with van der Waals surface area (Å²) in [7, 11) is 1.64. The third-order valence-corrected chi connectivity index (χ3v) is 5.30. The fourth-order valence-electron chi connectivity index (χ4n) is 3.39. The van der Waals surface area contributed by atoms with Crippen LogP contribution in [0.25, 0.3) is 0 Å². The minimum Gasteiger partial charge on any atom is -0.496 e. The average Bonchev–Trinajstić information content (AvgIpc) is 2.71. The summed E-state index contributed by atoms with van der Waals surface area (Å²) in [6, 6.07) is 15.5. The highest BCUT2D eigenvalue weighted by Crippen LogP contribution is 2.21. The lowest BCUT2D eigenvalue weighted by Gasteiger charge is -2.38. The van der Waals surface area contributed by atoms with Crippen LogP contribution in [0.5, 0.6) is 5.75 Å². The first-order valence-electron chi connectivity index (χ1n) is 9.22. The van der Waals surface area contributed by atoms with Crippen LogP contribution in [0.3, 0.4) is 0 Å². The molecule has 0 spiro atoms. The van der Waals surface area contributed by atoms with Gasteiger partial charge in [-0.2, -0.15) is 0 Å². The minimum absolute atomic E-state index is 0.0390. The number of hydrogen-bond donors (Lipinski definition) is 1. The van der Waals surface area contributed by atoms with Crippen LogP contribution in [-0.4, -0.2) is 50.1 Å². The van der Waals surface area contributed by atoms with Crippen molar-refractivity contribution in [2.75, 3.05) is 38.2 Å². The Morgan fingerprint density at radius 2 is 1.89 bits per heavy atom. The van der Waals surface area contributed by atoms with Crippen LogP contribution in [-0.2, 0) is 11.3 Å². The van der Waals surface area contributed by atoms with Crippen molar-refractivity contribution in [2.24, 2.45) is 0 Å². The topological polar surface area (TPSA) is 44.8 Å². The van der Waals surface area contributed by atoms with Gasteiger partial charge in [-0.15, -0.1) is 0 Å². The molecule has 1 N–H and O–H groups in total. The van der Waals surface area contributed by atoms with Crippen LogP contribution >= 0.6 is 11.6 Å². The molecule has 1 heterocycles. The number of carbonyl (C=O) groups is 1. The molecule has 1 aliphatic rings. The maximum atomic E-state index is 12.6. The van der Waals surface area contributed by atoms with Crippen molar-refractivity contribution in [3.63, 3.8) is 0 Å². The predicted molar refractivity (Wildman–Crippen MR) is 110 cm³/mol. The van der Waals surface area contributed by atoms with E-state index in [1.807, 2.05) is 49.4 Å². The standard InChI is InChI=1S/C21H26ClN3O2/c1-16(21(26)23-15-17-6-3-4-9-20(17)27-2)24-10-12-25(13-11-24)19-8-5-7-18(22)14-19/h3-9,14,16H,10-13,15H2,1-2H3,(H,23,26)/t16-/m0/s1. The van der Waals surface area contributed by atoms with E-state index in [1.54, 1.807) is 7.11 Å². The number of nitrogens with zero attached hydrogens (tertiary/aromatic N) is 2. The summed E-state index contributed by atoms with van der Waals surface area (Å²) in [5.41, 5.74) is 2.11. The van der Waals surface area contributed by atoms with Crippen molar-refractivity contribution in [2.45, 2.75) is 19.5 Å². The second-order valence-electron chi connectivity index (χ2n) is 6.71. The molecule has 5 nitrogen and oxygen atoms in total. The van der Waals surface area contributed by atoms with Crippen LogP contribution in [0.15, 0.2) is 48.5 Å². The van der Waals surface area contributed by atoms with Crippen molar-refractivity contribution < 1.29 is 9.53 Å². The van der Waals surface area contributed by atoms with Gasteiger partial charge < -0.3 is 15.0 Å². The molecule has 144 valence electrons. The number of benzene rings is 2. The monoisotopic (exact) mass is 387 g/mol. The van der Waals surface area contributed by atoms with E-state index in [9.17, 15) is 4.79 Å². The zero-order chi connectivity index (χ0) is 19.2. The van der Waals surface area contributed by atoms with Gasteiger partial charge in [0.25, 0.3) is 0 Å². The summed E-state index contributed by atoms with van der Waals surface area (Å²) in [6.45, 7) is 5.88. The van der Waals surface area contributed by atoms with Crippen LogP contribution in [0, 0.1) is 0 Å². The second kappa shape index (κ2) is 9.11. The fourth-order valence-corrected chi connectivity index (χ4v) is 3.57. The molecule has 6 heteroatoms. The number of ether oxygens (including phenoxy) is 1. The zero-order valence-electron chi connectivity index (χ0n) is 15.8. The van der Waals surface area contributed by atoms with Gasteiger partial charge >= 0.3 is 0 Å². The summed E-state index contributed by atoms with van der Waals surface area (Å²) < 4.78 is 5.34. The Morgan fingerprint density at radius 1 is 1.15 bits per heavy atom. The molecule has 0 radical (unpaired) electrons. The second-order valence-corrected chi connectivity index (χ2v) is 7.14. The normalized spacial score (nSPS) is 16.0. The van der Waals surface area contributed by atoms with Gasteiger partial charge in [0.05, 0.1) is 13.2 Å². The third-order valence-electron chi connectivity index (χ3n) is 5.06. The van der Waals surface area contributed by atoms with Gasteiger partial charge in [-0.1, -0.05) is 35.9 Å². The number of hydrogen-bond acceptors (Lipinski definition) is 4. The molecule has 0 saturated carbocycles. The maximum Gasteiger partial charge on any atom is 0.237 e. The van der Waals surface area contributed by atoms with Crippen molar-refractivity contribution in [3.05, 3.63) is 59.1 Å². The Kier molecular flexibility index (Phi) is 6.58. The quantitative estimate of drug-likeness (QED) is 0.826. The lowest BCUT2D eigenvalue weighted by molar-refractivity contribution is -0.126. The number of halogens is 1. The van der Waals surface area contributed by atoms with E-state index in [-0.39, 0.29) is 11.9 Å². The van der Waals surface area contributed by atoms with Crippen LogP contribution in [0.2, 0.25) is 5.02 Å². The molecular formula is C21H26ClN3O2. The van der Waals surface area contributed by atoms with Gasteiger partial charge in [-0.05, 0) is 31.2 Å².